The van der Waals surface area contributed by atoms with E-state index in [0.717, 1.165) is 5.56 Å². The van der Waals surface area contributed by atoms with Gasteiger partial charge in [-0.25, -0.2) is 9.97 Å². The van der Waals surface area contributed by atoms with E-state index in [4.69, 9.17) is 0 Å². The second-order valence-corrected chi connectivity index (χ2v) is 4.91. The molecule has 0 radical (unpaired) electrons. The fourth-order valence-electron chi connectivity index (χ4n) is 1.60. The molecule has 0 spiro atoms. The highest BCUT2D eigenvalue weighted by atomic mass is 32.1. The maximum Gasteiger partial charge on any atom is 0.451 e. The topological polar surface area (TPSA) is 49.8 Å². The molecule has 0 aromatic carbocycles. The van der Waals surface area contributed by atoms with Crippen LogP contribution in [0.4, 0.5) is 24.8 Å². The molecule has 2 aromatic heterocycles. The summed E-state index contributed by atoms with van der Waals surface area (Å²) < 4.78 is 38.1. The van der Waals surface area contributed by atoms with Crippen LogP contribution >= 0.6 is 11.3 Å². The summed E-state index contributed by atoms with van der Waals surface area (Å²) in [6.07, 6.45) is -4.57. The number of thiophene rings is 1. The summed E-state index contributed by atoms with van der Waals surface area (Å²) in [5, 5.41) is 9.39. The van der Waals surface area contributed by atoms with Crippen molar-refractivity contribution in [2.75, 3.05) is 17.7 Å². The molecule has 2 aromatic rings. The van der Waals surface area contributed by atoms with Crippen LogP contribution in [0.15, 0.2) is 22.9 Å². The van der Waals surface area contributed by atoms with Gasteiger partial charge < -0.3 is 10.6 Å². The van der Waals surface area contributed by atoms with E-state index in [-0.39, 0.29) is 17.7 Å². The van der Waals surface area contributed by atoms with Gasteiger partial charge in [-0.1, -0.05) is 0 Å². The van der Waals surface area contributed by atoms with Gasteiger partial charge in [0.05, 0.1) is 6.04 Å². The summed E-state index contributed by atoms with van der Waals surface area (Å²) in [4.78, 5) is 6.93. The number of rotatable bonds is 4. The first-order chi connectivity index (χ1) is 9.40. The van der Waals surface area contributed by atoms with Crippen LogP contribution in [-0.4, -0.2) is 17.0 Å². The van der Waals surface area contributed by atoms with Crippen LogP contribution in [0.25, 0.3) is 0 Å². The molecule has 0 saturated carbocycles. The Labute approximate surface area is 118 Å². The van der Waals surface area contributed by atoms with Gasteiger partial charge in [-0.2, -0.15) is 24.5 Å². The average molecular weight is 302 g/mol. The summed E-state index contributed by atoms with van der Waals surface area (Å²) in [6, 6.07) is 3.22. The Morgan fingerprint density at radius 3 is 2.50 bits per heavy atom. The quantitative estimate of drug-likeness (QED) is 0.902. The maximum absolute atomic E-state index is 12.7. The summed E-state index contributed by atoms with van der Waals surface area (Å²) in [6.45, 7) is 1.86. The van der Waals surface area contributed by atoms with E-state index < -0.39 is 12.0 Å². The molecule has 8 heteroatoms. The molecule has 4 nitrogen and oxygen atoms in total. The first-order valence-electron chi connectivity index (χ1n) is 5.83. The van der Waals surface area contributed by atoms with Crippen LogP contribution in [0.2, 0.25) is 0 Å². The monoisotopic (exact) mass is 302 g/mol. The maximum atomic E-state index is 12.7. The molecule has 2 heterocycles. The molecule has 0 aliphatic carbocycles. The molecule has 0 aliphatic rings. The lowest BCUT2D eigenvalue weighted by atomic mass is 10.2. The average Bonchev–Trinajstić information content (AvgIpc) is 2.91. The predicted octanol–water partition coefficient (Wildman–Crippen LogP) is 3.77. The molecule has 20 heavy (non-hydrogen) atoms. The van der Waals surface area contributed by atoms with Gasteiger partial charge >= 0.3 is 6.18 Å². The van der Waals surface area contributed by atoms with E-state index >= 15 is 0 Å². The third kappa shape index (κ3) is 3.38. The van der Waals surface area contributed by atoms with Crippen molar-refractivity contribution in [3.8, 4) is 0 Å². The van der Waals surface area contributed by atoms with Crippen molar-refractivity contribution < 1.29 is 13.2 Å². The molecule has 1 atom stereocenters. The Morgan fingerprint density at radius 2 is 1.95 bits per heavy atom. The summed E-state index contributed by atoms with van der Waals surface area (Å²) in [5.74, 6) is -0.910. The van der Waals surface area contributed by atoms with Gasteiger partial charge in [0.25, 0.3) is 0 Å². The van der Waals surface area contributed by atoms with Crippen LogP contribution in [-0.2, 0) is 6.18 Å². The number of hydrogen-bond donors (Lipinski definition) is 2. The molecule has 0 saturated heterocycles. The van der Waals surface area contributed by atoms with Crippen LogP contribution in [0, 0.1) is 0 Å². The normalized spacial score (nSPS) is 13.1. The van der Waals surface area contributed by atoms with Gasteiger partial charge in [-0.05, 0) is 29.3 Å². The number of alkyl halides is 3. The van der Waals surface area contributed by atoms with Gasteiger partial charge in [0.15, 0.2) is 0 Å². The smallest absolute Gasteiger partial charge is 0.373 e. The van der Waals surface area contributed by atoms with Crippen molar-refractivity contribution >= 4 is 23.0 Å². The van der Waals surface area contributed by atoms with Crippen LogP contribution in [0.3, 0.4) is 0 Å². The molecule has 2 N–H and O–H groups in total. The summed E-state index contributed by atoms with van der Waals surface area (Å²) in [5.41, 5.74) is 0.994. The van der Waals surface area contributed by atoms with Crippen molar-refractivity contribution in [1.29, 1.82) is 0 Å². The third-order valence-electron chi connectivity index (χ3n) is 2.64. The van der Waals surface area contributed by atoms with Gasteiger partial charge in [-0.15, -0.1) is 0 Å². The molecule has 108 valence electrons. The first kappa shape index (κ1) is 14.6. The first-order valence-corrected chi connectivity index (χ1v) is 6.77. The Kier molecular flexibility index (Phi) is 4.12. The standard InChI is InChI=1S/C12H13F3N4S/c1-7(8-3-4-20-6-8)17-10-5-9(16-2)18-11(19-10)12(13,14)15/h3-7H,1-2H3,(H2,16,17,18,19). The van der Waals surface area contributed by atoms with Crippen molar-refractivity contribution in [1.82, 2.24) is 9.97 Å². The number of nitrogens with one attached hydrogen (secondary N) is 2. The SMILES string of the molecule is CNc1cc(NC(C)c2ccsc2)nc(C(F)(F)F)n1. The zero-order valence-electron chi connectivity index (χ0n) is 10.8. The van der Waals surface area contributed by atoms with Crippen LogP contribution in [0.5, 0.6) is 0 Å². The largest absolute Gasteiger partial charge is 0.451 e. The Bertz CT molecular complexity index is 569. The molecular weight excluding hydrogens is 289 g/mol. The van der Waals surface area contributed by atoms with E-state index in [0.29, 0.717) is 0 Å². The highest BCUT2D eigenvalue weighted by Crippen LogP contribution is 2.29. The number of hydrogen-bond acceptors (Lipinski definition) is 5. The molecular formula is C12H13F3N4S. The minimum absolute atomic E-state index is 0.118. The minimum atomic E-state index is -4.57. The number of anilines is 2. The van der Waals surface area contributed by atoms with Crippen molar-refractivity contribution in [2.45, 2.75) is 19.1 Å². The summed E-state index contributed by atoms with van der Waals surface area (Å²) >= 11 is 1.53. The van der Waals surface area contributed by atoms with Crippen molar-refractivity contribution in [3.63, 3.8) is 0 Å². The van der Waals surface area contributed by atoms with Crippen molar-refractivity contribution in [2.24, 2.45) is 0 Å². The Morgan fingerprint density at radius 1 is 1.25 bits per heavy atom. The third-order valence-corrected chi connectivity index (χ3v) is 3.34. The minimum Gasteiger partial charge on any atom is -0.373 e. The fraction of sp³-hybridized carbons (Fsp3) is 0.333. The second kappa shape index (κ2) is 5.66. The number of halogens is 3. The van der Waals surface area contributed by atoms with E-state index in [9.17, 15) is 13.2 Å². The number of nitrogens with zero attached hydrogens (tertiary/aromatic N) is 2. The van der Waals surface area contributed by atoms with Gasteiger partial charge in [-0.3, -0.25) is 0 Å². The van der Waals surface area contributed by atoms with Gasteiger partial charge in [0, 0.05) is 13.1 Å². The molecule has 0 bridgehead atoms. The van der Waals surface area contributed by atoms with Crippen LogP contribution in [0.1, 0.15) is 24.4 Å². The van der Waals surface area contributed by atoms with E-state index in [1.807, 2.05) is 23.8 Å². The lowest BCUT2D eigenvalue weighted by molar-refractivity contribution is -0.144. The van der Waals surface area contributed by atoms with Gasteiger partial charge in [0.1, 0.15) is 11.6 Å². The summed E-state index contributed by atoms with van der Waals surface area (Å²) in [7, 11) is 1.51. The molecule has 0 fully saturated rings. The highest BCUT2D eigenvalue weighted by Gasteiger charge is 2.35. The number of aromatic nitrogens is 2. The zero-order valence-corrected chi connectivity index (χ0v) is 11.6. The lowest BCUT2D eigenvalue weighted by Crippen LogP contribution is -2.15. The van der Waals surface area contributed by atoms with E-state index in [1.165, 1.54) is 24.5 Å². The predicted molar refractivity (Wildman–Crippen MR) is 72.9 cm³/mol. The van der Waals surface area contributed by atoms with Crippen molar-refractivity contribution in [3.05, 3.63) is 34.3 Å². The fourth-order valence-corrected chi connectivity index (χ4v) is 2.36. The lowest BCUT2D eigenvalue weighted by Gasteiger charge is -2.15. The molecule has 2 rings (SSSR count). The Hall–Kier alpha value is -1.83. The van der Waals surface area contributed by atoms with Gasteiger partial charge in [0.2, 0.25) is 5.82 Å². The molecule has 1 unspecified atom stereocenters. The highest BCUT2D eigenvalue weighted by molar-refractivity contribution is 7.07. The van der Waals surface area contributed by atoms with E-state index in [2.05, 4.69) is 20.6 Å². The van der Waals surface area contributed by atoms with E-state index in [1.54, 1.807) is 0 Å². The Balaban J connectivity index is 2.27. The zero-order chi connectivity index (χ0) is 14.8. The van der Waals surface area contributed by atoms with Crippen LogP contribution < -0.4 is 10.6 Å². The molecule has 0 amide bonds. The molecule has 0 aliphatic heterocycles. The second-order valence-electron chi connectivity index (χ2n) is 4.13.